The average Bonchev–Trinajstić information content (AvgIpc) is 2.78. The van der Waals surface area contributed by atoms with Gasteiger partial charge < -0.3 is 0 Å². The molecule has 5 heteroatoms. The lowest BCUT2D eigenvalue weighted by atomic mass is 10.2. The number of nitrogens with zero attached hydrogens (tertiary/aromatic N) is 3. The number of carbonyl (C=O) groups excluding carboxylic acids is 1. The predicted molar refractivity (Wildman–Crippen MR) is 69.5 cm³/mol. The standard InChI is InChI=1S/C13H9N3OS/c14-7-10(8-15)6-13-16(12(17)9-18-13)11-4-2-1-3-5-11/h1-6,13H,9H2. The lowest BCUT2D eigenvalue weighted by Gasteiger charge is -2.21. The van der Waals surface area contributed by atoms with Crippen LogP contribution in [0.2, 0.25) is 0 Å². The SMILES string of the molecule is N#CC(C#N)=CC1SCC(=O)N1c1ccccc1. The Labute approximate surface area is 109 Å². The number of thioether (sulfide) groups is 1. The van der Waals surface area contributed by atoms with Gasteiger partial charge in [-0.25, -0.2) is 0 Å². The fourth-order valence-corrected chi connectivity index (χ4v) is 2.76. The Bertz CT molecular complexity index is 552. The number of amides is 1. The molecule has 0 bridgehead atoms. The number of hydrogen-bond acceptors (Lipinski definition) is 4. The summed E-state index contributed by atoms with van der Waals surface area (Å²) in [6.07, 6.45) is 1.53. The summed E-state index contributed by atoms with van der Waals surface area (Å²) in [5.74, 6) is 0.350. The molecule has 0 N–H and O–H groups in total. The fraction of sp³-hybridized carbons (Fsp3) is 0.154. The van der Waals surface area contributed by atoms with Gasteiger partial charge in [-0.05, 0) is 18.2 Å². The fourth-order valence-electron chi connectivity index (χ4n) is 1.69. The molecule has 0 aromatic heterocycles. The highest BCUT2D eigenvalue weighted by Gasteiger charge is 2.31. The molecule has 4 nitrogen and oxygen atoms in total. The van der Waals surface area contributed by atoms with Crippen LogP contribution in [0, 0.1) is 22.7 Å². The minimum Gasteiger partial charge on any atom is -0.296 e. The molecular weight excluding hydrogens is 246 g/mol. The third-order valence-corrected chi connectivity index (χ3v) is 3.59. The number of para-hydroxylation sites is 1. The second-order valence-corrected chi connectivity index (χ2v) is 4.71. The molecule has 2 rings (SSSR count). The molecule has 1 fully saturated rings. The van der Waals surface area contributed by atoms with E-state index >= 15 is 0 Å². The van der Waals surface area contributed by atoms with Crippen molar-refractivity contribution < 1.29 is 4.79 Å². The van der Waals surface area contributed by atoms with Gasteiger partial charge in [-0.2, -0.15) is 10.5 Å². The normalized spacial score (nSPS) is 18.0. The average molecular weight is 255 g/mol. The van der Waals surface area contributed by atoms with Gasteiger partial charge in [-0.1, -0.05) is 18.2 Å². The van der Waals surface area contributed by atoms with Crippen molar-refractivity contribution in [1.29, 1.82) is 10.5 Å². The first-order chi connectivity index (χ1) is 8.76. The minimum absolute atomic E-state index is 0.0114. The Morgan fingerprint density at radius 3 is 2.61 bits per heavy atom. The third-order valence-electron chi connectivity index (χ3n) is 2.49. The lowest BCUT2D eigenvalue weighted by Crippen LogP contribution is -2.31. The number of carbonyl (C=O) groups is 1. The highest BCUT2D eigenvalue weighted by Crippen LogP contribution is 2.31. The second-order valence-electron chi connectivity index (χ2n) is 3.60. The van der Waals surface area contributed by atoms with Gasteiger partial charge >= 0.3 is 0 Å². The molecule has 0 spiro atoms. The highest BCUT2D eigenvalue weighted by molar-refractivity contribution is 8.01. The van der Waals surface area contributed by atoms with Gasteiger partial charge in [0.25, 0.3) is 0 Å². The summed E-state index contributed by atoms with van der Waals surface area (Å²) in [6, 6.07) is 12.9. The minimum atomic E-state index is -0.283. The monoisotopic (exact) mass is 255 g/mol. The van der Waals surface area contributed by atoms with Crippen molar-refractivity contribution in [2.45, 2.75) is 5.37 Å². The van der Waals surface area contributed by atoms with E-state index in [9.17, 15) is 4.79 Å². The van der Waals surface area contributed by atoms with Crippen LogP contribution in [0.25, 0.3) is 0 Å². The summed E-state index contributed by atoms with van der Waals surface area (Å²) in [5.41, 5.74) is 0.812. The van der Waals surface area contributed by atoms with Crippen LogP contribution in [0.15, 0.2) is 42.0 Å². The van der Waals surface area contributed by atoms with Crippen molar-refractivity contribution in [3.05, 3.63) is 42.0 Å². The number of anilines is 1. The van der Waals surface area contributed by atoms with E-state index in [0.29, 0.717) is 5.75 Å². The maximum atomic E-state index is 11.9. The van der Waals surface area contributed by atoms with Crippen molar-refractivity contribution in [2.24, 2.45) is 0 Å². The smallest absolute Gasteiger partial charge is 0.238 e. The van der Waals surface area contributed by atoms with Crippen LogP contribution in [0.4, 0.5) is 5.69 Å². The van der Waals surface area contributed by atoms with Crippen molar-refractivity contribution in [3.63, 3.8) is 0 Å². The summed E-state index contributed by atoms with van der Waals surface area (Å²) < 4.78 is 0. The molecule has 0 aliphatic carbocycles. The zero-order valence-corrected chi connectivity index (χ0v) is 10.2. The van der Waals surface area contributed by atoms with E-state index in [2.05, 4.69) is 0 Å². The molecule has 1 saturated heterocycles. The first-order valence-electron chi connectivity index (χ1n) is 5.27. The predicted octanol–water partition coefficient (Wildman–Crippen LogP) is 2.07. The Kier molecular flexibility index (Phi) is 3.66. The molecule has 1 amide bonds. The molecule has 0 radical (unpaired) electrons. The topological polar surface area (TPSA) is 67.9 Å². The van der Waals surface area contributed by atoms with E-state index < -0.39 is 0 Å². The quantitative estimate of drug-likeness (QED) is 0.759. The van der Waals surface area contributed by atoms with E-state index in [1.54, 1.807) is 4.90 Å². The summed E-state index contributed by atoms with van der Waals surface area (Å²) in [7, 11) is 0. The van der Waals surface area contributed by atoms with Gasteiger partial charge in [0.05, 0.1) is 5.75 Å². The van der Waals surface area contributed by atoms with Crippen LogP contribution in [0.1, 0.15) is 0 Å². The lowest BCUT2D eigenvalue weighted by molar-refractivity contribution is -0.115. The maximum absolute atomic E-state index is 11.9. The van der Waals surface area contributed by atoms with Crippen LogP contribution in [-0.2, 0) is 4.79 Å². The molecule has 18 heavy (non-hydrogen) atoms. The molecule has 1 aliphatic rings. The van der Waals surface area contributed by atoms with Crippen LogP contribution < -0.4 is 4.90 Å². The van der Waals surface area contributed by atoms with Gasteiger partial charge in [-0.15, -0.1) is 11.8 Å². The summed E-state index contributed by atoms with van der Waals surface area (Å²) >= 11 is 1.41. The number of hydrogen-bond donors (Lipinski definition) is 0. The van der Waals surface area contributed by atoms with Gasteiger partial charge in [0.2, 0.25) is 5.91 Å². The van der Waals surface area contributed by atoms with Crippen molar-refractivity contribution in [1.82, 2.24) is 0 Å². The number of benzene rings is 1. The molecule has 1 atom stereocenters. The van der Waals surface area contributed by atoms with E-state index in [1.807, 2.05) is 42.5 Å². The number of rotatable bonds is 2. The largest absolute Gasteiger partial charge is 0.296 e. The Balaban J connectivity index is 2.33. The summed E-state index contributed by atoms with van der Waals surface area (Å²) in [6.45, 7) is 0. The molecular formula is C13H9N3OS. The van der Waals surface area contributed by atoms with E-state index in [4.69, 9.17) is 10.5 Å². The number of allylic oxidation sites excluding steroid dienone is 1. The molecule has 88 valence electrons. The van der Waals surface area contributed by atoms with Crippen LogP contribution in [0.5, 0.6) is 0 Å². The van der Waals surface area contributed by atoms with Gasteiger partial charge in [0.15, 0.2) is 0 Å². The molecule has 1 aromatic carbocycles. The first-order valence-corrected chi connectivity index (χ1v) is 6.32. The summed E-state index contributed by atoms with van der Waals surface area (Å²) in [4.78, 5) is 13.5. The Hall–Kier alpha value is -2.24. The Morgan fingerprint density at radius 2 is 2.00 bits per heavy atom. The summed E-state index contributed by atoms with van der Waals surface area (Å²) in [5, 5.41) is 17.2. The van der Waals surface area contributed by atoms with Gasteiger partial charge in [-0.3, -0.25) is 9.69 Å². The molecule has 0 saturated carbocycles. The van der Waals surface area contributed by atoms with E-state index in [0.717, 1.165) is 5.69 Å². The van der Waals surface area contributed by atoms with Gasteiger partial charge in [0.1, 0.15) is 23.1 Å². The molecule has 1 unspecified atom stereocenters. The second kappa shape index (κ2) is 5.39. The third kappa shape index (κ3) is 2.37. The van der Waals surface area contributed by atoms with E-state index in [-0.39, 0.29) is 16.9 Å². The van der Waals surface area contributed by atoms with Crippen molar-refractivity contribution >= 4 is 23.4 Å². The number of nitriles is 2. The molecule has 1 aromatic rings. The van der Waals surface area contributed by atoms with Gasteiger partial charge in [0, 0.05) is 5.69 Å². The van der Waals surface area contributed by atoms with Crippen LogP contribution in [0.3, 0.4) is 0 Å². The van der Waals surface area contributed by atoms with Crippen LogP contribution >= 0.6 is 11.8 Å². The Morgan fingerprint density at radius 1 is 1.33 bits per heavy atom. The van der Waals surface area contributed by atoms with Crippen molar-refractivity contribution in [3.8, 4) is 12.1 Å². The highest BCUT2D eigenvalue weighted by atomic mass is 32.2. The molecule has 1 aliphatic heterocycles. The zero-order chi connectivity index (χ0) is 13.0. The zero-order valence-electron chi connectivity index (χ0n) is 9.41. The van der Waals surface area contributed by atoms with Crippen molar-refractivity contribution in [2.75, 3.05) is 10.7 Å². The van der Waals surface area contributed by atoms with Crippen LogP contribution in [-0.4, -0.2) is 17.0 Å². The molecule has 1 heterocycles. The maximum Gasteiger partial charge on any atom is 0.238 e. The van der Waals surface area contributed by atoms with E-state index in [1.165, 1.54) is 17.8 Å². The first kappa shape index (κ1) is 12.2.